The number of para-hydroxylation sites is 1. The number of hydrogen-bond donors (Lipinski definition) is 0. The van der Waals surface area contributed by atoms with Gasteiger partial charge < -0.3 is 4.90 Å². The highest BCUT2D eigenvalue weighted by Gasteiger charge is 2.44. The van der Waals surface area contributed by atoms with E-state index in [0.29, 0.717) is 24.2 Å². The second-order valence-corrected chi connectivity index (χ2v) is 7.24. The van der Waals surface area contributed by atoms with Gasteiger partial charge in [0.05, 0.1) is 5.69 Å². The van der Waals surface area contributed by atoms with Crippen molar-refractivity contribution in [2.45, 2.75) is 39.4 Å². The van der Waals surface area contributed by atoms with Crippen molar-refractivity contribution in [3.05, 3.63) is 47.3 Å². The molecule has 0 atom stereocenters. The molecule has 1 aromatic heterocycles. The SMILES string of the molecule is CN(C(=O)Cn1nc2c(c1C(F)(F)F)CC(C)(C)C2)c1ccccc1. The number of amides is 1. The topological polar surface area (TPSA) is 38.1 Å². The smallest absolute Gasteiger partial charge is 0.314 e. The van der Waals surface area contributed by atoms with E-state index in [1.807, 2.05) is 19.9 Å². The van der Waals surface area contributed by atoms with Gasteiger partial charge in [0, 0.05) is 18.3 Å². The third-order valence-corrected chi connectivity index (χ3v) is 4.51. The second kappa shape index (κ2) is 5.89. The molecule has 0 fully saturated rings. The number of alkyl halides is 3. The first-order valence-corrected chi connectivity index (χ1v) is 8.06. The molecule has 2 aromatic rings. The Morgan fingerprint density at radius 2 is 1.88 bits per heavy atom. The van der Waals surface area contributed by atoms with Gasteiger partial charge in [-0.3, -0.25) is 9.48 Å². The molecule has 134 valence electrons. The lowest BCUT2D eigenvalue weighted by Crippen LogP contribution is -2.32. The maximum atomic E-state index is 13.6. The number of hydrogen-bond acceptors (Lipinski definition) is 2. The first-order valence-electron chi connectivity index (χ1n) is 8.06. The number of rotatable bonds is 3. The Hall–Kier alpha value is -2.31. The number of benzene rings is 1. The van der Waals surface area contributed by atoms with E-state index in [4.69, 9.17) is 0 Å². The summed E-state index contributed by atoms with van der Waals surface area (Å²) in [5.74, 6) is -0.447. The first-order chi connectivity index (χ1) is 11.6. The van der Waals surface area contributed by atoms with Crippen molar-refractivity contribution in [3.63, 3.8) is 0 Å². The average Bonchev–Trinajstić information content (AvgIpc) is 2.97. The summed E-state index contributed by atoms with van der Waals surface area (Å²) in [6, 6.07) is 8.81. The van der Waals surface area contributed by atoms with Gasteiger partial charge in [-0.1, -0.05) is 32.0 Å². The molecule has 0 saturated carbocycles. The van der Waals surface area contributed by atoms with Crippen LogP contribution in [0.1, 0.15) is 30.8 Å². The van der Waals surface area contributed by atoms with Crippen molar-refractivity contribution >= 4 is 11.6 Å². The highest BCUT2D eigenvalue weighted by atomic mass is 19.4. The molecule has 0 bridgehead atoms. The van der Waals surface area contributed by atoms with Gasteiger partial charge >= 0.3 is 6.18 Å². The van der Waals surface area contributed by atoms with Crippen LogP contribution in [0.15, 0.2) is 30.3 Å². The number of carbonyl (C=O) groups is 1. The number of anilines is 1. The molecule has 0 aliphatic heterocycles. The summed E-state index contributed by atoms with van der Waals surface area (Å²) in [4.78, 5) is 13.8. The van der Waals surface area contributed by atoms with Gasteiger partial charge in [0.15, 0.2) is 0 Å². The van der Waals surface area contributed by atoms with E-state index in [1.165, 1.54) is 4.90 Å². The maximum absolute atomic E-state index is 13.6. The first kappa shape index (κ1) is 17.5. The molecule has 4 nitrogen and oxygen atoms in total. The van der Waals surface area contributed by atoms with Crippen LogP contribution < -0.4 is 4.90 Å². The van der Waals surface area contributed by atoms with Crippen molar-refractivity contribution in [3.8, 4) is 0 Å². The Labute approximate surface area is 144 Å². The van der Waals surface area contributed by atoms with Gasteiger partial charge in [0.1, 0.15) is 12.2 Å². The van der Waals surface area contributed by atoms with E-state index < -0.39 is 24.3 Å². The molecule has 0 N–H and O–H groups in total. The molecule has 0 spiro atoms. The van der Waals surface area contributed by atoms with Gasteiger partial charge in [-0.25, -0.2) is 0 Å². The molecule has 7 heteroatoms. The summed E-state index contributed by atoms with van der Waals surface area (Å²) in [6.45, 7) is 3.41. The summed E-state index contributed by atoms with van der Waals surface area (Å²) < 4.78 is 41.6. The van der Waals surface area contributed by atoms with Crippen molar-refractivity contribution in [1.82, 2.24) is 9.78 Å². The van der Waals surface area contributed by atoms with E-state index in [-0.39, 0.29) is 11.0 Å². The summed E-state index contributed by atoms with van der Waals surface area (Å²) in [5, 5.41) is 4.12. The fourth-order valence-electron chi connectivity index (χ4n) is 3.33. The highest BCUT2D eigenvalue weighted by Crippen LogP contribution is 2.43. The Kier molecular flexibility index (Phi) is 4.13. The lowest BCUT2D eigenvalue weighted by molar-refractivity contribution is -0.145. The number of likely N-dealkylation sites (N-methyl/N-ethyl adjacent to an activating group) is 1. The zero-order valence-corrected chi connectivity index (χ0v) is 14.4. The minimum absolute atomic E-state index is 0.229. The third-order valence-electron chi connectivity index (χ3n) is 4.51. The number of fused-ring (bicyclic) bond motifs is 1. The van der Waals surface area contributed by atoms with Crippen LogP contribution in [-0.2, 0) is 30.4 Å². The molecular weight excluding hydrogens is 331 g/mol. The second-order valence-electron chi connectivity index (χ2n) is 7.24. The number of carbonyl (C=O) groups excluding carboxylic acids is 1. The van der Waals surface area contributed by atoms with Crippen LogP contribution in [0.25, 0.3) is 0 Å². The Balaban J connectivity index is 1.90. The summed E-state index contributed by atoms with van der Waals surface area (Å²) in [6.07, 6.45) is -3.73. The van der Waals surface area contributed by atoms with E-state index >= 15 is 0 Å². The quantitative estimate of drug-likeness (QED) is 0.846. The van der Waals surface area contributed by atoms with Crippen molar-refractivity contribution in [1.29, 1.82) is 0 Å². The monoisotopic (exact) mass is 351 g/mol. The number of nitrogens with zero attached hydrogens (tertiary/aromatic N) is 3. The zero-order valence-electron chi connectivity index (χ0n) is 14.4. The number of halogens is 3. The average molecular weight is 351 g/mol. The molecule has 1 aliphatic carbocycles. The molecule has 3 rings (SSSR count). The molecule has 0 radical (unpaired) electrons. The predicted molar refractivity (Wildman–Crippen MR) is 88.3 cm³/mol. The van der Waals surface area contributed by atoms with Crippen LogP contribution >= 0.6 is 0 Å². The molecule has 1 amide bonds. The van der Waals surface area contributed by atoms with E-state index in [1.54, 1.807) is 31.3 Å². The maximum Gasteiger partial charge on any atom is 0.433 e. The Bertz CT molecular complexity index is 794. The molecule has 25 heavy (non-hydrogen) atoms. The minimum Gasteiger partial charge on any atom is -0.314 e. The fourth-order valence-corrected chi connectivity index (χ4v) is 3.33. The van der Waals surface area contributed by atoms with Crippen LogP contribution in [0.5, 0.6) is 0 Å². The van der Waals surface area contributed by atoms with Crippen LogP contribution in [0, 0.1) is 5.41 Å². The largest absolute Gasteiger partial charge is 0.433 e. The summed E-state index contributed by atoms with van der Waals surface area (Å²) in [7, 11) is 1.55. The van der Waals surface area contributed by atoms with Gasteiger partial charge in [0.2, 0.25) is 5.91 Å². The van der Waals surface area contributed by atoms with Crippen molar-refractivity contribution in [2.24, 2.45) is 5.41 Å². The minimum atomic E-state index is -4.54. The molecule has 1 aliphatic rings. The van der Waals surface area contributed by atoms with Crippen molar-refractivity contribution < 1.29 is 18.0 Å². The lowest BCUT2D eigenvalue weighted by atomic mass is 9.90. The van der Waals surface area contributed by atoms with Gasteiger partial charge in [0.25, 0.3) is 0 Å². The fraction of sp³-hybridized carbons (Fsp3) is 0.444. The van der Waals surface area contributed by atoms with Crippen molar-refractivity contribution in [2.75, 3.05) is 11.9 Å². The molecular formula is C18H20F3N3O. The lowest BCUT2D eigenvalue weighted by Gasteiger charge is -2.20. The van der Waals surface area contributed by atoms with Crippen LogP contribution in [0.4, 0.5) is 18.9 Å². The van der Waals surface area contributed by atoms with E-state index in [2.05, 4.69) is 5.10 Å². The van der Waals surface area contributed by atoms with E-state index in [0.717, 1.165) is 4.68 Å². The van der Waals surface area contributed by atoms with Gasteiger partial charge in [-0.15, -0.1) is 0 Å². The Morgan fingerprint density at radius 1 is 1.24 bits per heavy atom. The Morgan fingerprint density at radius 3 is 2.48 bits per heavy atom. The van der Waals surface area contributed by atoms with Gasteiger partial charge in [-0.05, 0) is 30.4 Å². The third kappa shape index (κ3) is 3.41. The normalized spacial score (nSPS) is 15.9. The molecule has 0 unspecified atom stereocenters. The zero-order chi connectivity index (χ0) is 18.4. The highest BCUT2D eigenvalue weighted by molar-refractivity contribution is 5.92. The van der Waals surface area contributed by atoms with Crippen LogP contribution in [0.3, 0.4) is 0 Å². The number of aromatic nitrogens is 2. The van der Waals surface area contributed by atoms with Gasteiger partial charge in [-0.2, -0.15) is 18.3 Å². The van der Waals surface area contributed by atoms with Crippen LogP contribution in [0.2, 0.25) is 0 Å². The molecule has 1 heterocycles. The molecule has 1 aromatic carbocycles. The standard InChI is InChI=1S/C18H20F3N3O/c1-17(2)9-13-14(10-17)22-24(16(13)18(19,20)21)11-15(25)23(3)12-7-5-4-6-8-12/h4-8H,9-11H2,1-3H3. The predicted octanol–water partition coefficient (Wildman–Crippen LogP) is 3.69. The summed E-state index contributed by atoms with van der Waals surface area (Å²) in [5.41, 5.74) is 0.284. The molecule has 0 saturated heterocycles. The van der Waals surface area contributed by atoms with Crippen LogP contribution in [-0.4, -0.2) is 22.7 Å². The van der Waals surface area contributed by atoms with E-state index in [9.17, 15) is 18.0 Å². The summed E-state index contributed by atoms with van der Waals surface area (Å²) >= 11 is 0.